The Labute approximate surface area is 114 Å². The van der Waals surface area contributed by atoms with E-state index in [1.807, 2.05) is 7.11 Å². The fourth-order valence-corrected chi connectivity index (χ4v) is 3.49. The molecular weight excluding hydrogens is 222 g/mol. The largest absolute Gasteiger partial charge is 0.384 e. The Bertz CT molecular complexity index is 199. The molecule has 0 amide bonds. The first-order valence-electron chi connectivity index (χ1n) is 7.93. The van der Waals surface area contributed by atoms with Crippen LogP contribution in [-0.4, -0.2) is 26.3 Å². The van der Waals surface area contributed by atoms with Gasteiger partial charge in [0.1, 0.15) is 0 Å². The van der Waals surface area contributed by atoms with Crippen LogP contribution in [0.25, 0.3) is 0 Å². The molecule has 0 saturated heterocycles. The molecule has 1 N–H and O–H groups in total. The normalized spacial score (nSPS) is 28.0. The molecule has 0 bridgehead atoms. The predicted molar refractivity (Wildman–Crippen MR) is 78.9 cm³/mol. The molecule has 2 heteroatoms. The van der Waals surface area contributed by atoms with E-state index < -0.39 is 0 Å². The molecule has 2 unspecified atom stereocenters. The van der Waals surface area contributed by atoms with Gasteiger partial charge in [0.15, 0.2) is 0 Å². The molecule has 1 saturated carbocycles. The van der Waals surface area contributed by atoms with Gasteiger partial charge in [-0.25, -0.2) is 0 Å². The maximum absolute atomic E-state index is 5.28. The standard InChI is InChI=1S/C16H33NO/c1-5-14-7-9-15(10-8-14)16(17-6-2)11-13(3)12-18-4/h13-17H,5-12H2,1-4H3. The second-order valence-electron chi connectivity index (χ2n) is 6.15. The number of hydrogen-bond donors (Lipinski definition) is 1. The lowest BCUT2D eigenvalue weighted by atomic mass is 9.76. The zero-order valence-corrected chi connectivity index (χ0v) is 12.9. The minimum absolute atomic E-state index is 0.669. The van der Waals surface area contributed by atoms with Gasteiger partial charge in [-0.3, -0.25) is 0 Å². The van der Waals surface area contributed by atoms with Gasteiger partial charge < -0.3 is 10.1 Å². The molecule has 18 heavy (non-hydrogen) atoms. The van der Waals surface area contributed by atoms with Crippen LogP contribution >= 0.6 is 0 Å². The Kier molecular flexibility index (Phi) is 7.92. The molecule has 0 aromatic heterocycles. The monoisotopic (exact) mass is 255 g/mol. The minimum atomic E-state index is 0.669. The van der Waals surface area contributed by atoms with Crippen molar-refractivity contribution in [3.8, 4) is 0 Å². The Morgan fingerprint density at radius 2 is 1.83 bits per heavy atom. The van der Waals surface area contributed by atoms with Crippen molar-refractivity contribution >= 4 is 0 Å². The van der Waals surface area contributed by atoms with Crippen molar-refractivity contribution in [3.05, 3.63) is 0 Å². The molecule has 0 aromatic carbocycles. The first-order chi connectivity index (χ1) is 8.71. The van der Waals surface area contributed by atoms with Crippen LogP contribution in [0.4, 0.5) is 0 Å². The summed E-state index contributed by atoms with van der Waals surface area (Å²) in [5.41, 5.74) is 0. The third kappa shape index (κ3) is 5.27. The average molecular weight is 255 g/mol. The quantitative estimate of drug-likeness (QED) is 0.711. The molecule has 2 atom stereocenters. The number of ether oxygens (including phenoxy) is 1. The second-order valence-corrected chi connectivity index (χ2v) is 6.15. The Morgan fingerprint density at radius 3 is 2.33 bits per heavy atom. The zero-order valence-electron chi connectivity index (χ0n) is 12.9. The maximum atomic E-state index is 5.28. The highest BCUT2D eigenvalue weighted by molar-refractivity contribution is 4.82. The Morgan fingerprint density at radius 1 is 1.17 bits per heavy atom. The van der Waals surface area contributed by atoms with Gasteiger partial charge in [-0.2, -0.15) is 0 Å². The number of nitrogens with one attached hydrogen (secondary N) is 1. The molecule has 2 nitrogen and oxygen atoms in total. The summed E-state index contributed by atoms with van der Waals surface area (Å²) in [7, 11) is 1.81. The number of hydrogen-bond acceptors (Lipinski definition) is 2. The van der Waals surface area contributed by atoms with Crippen LogP contribution in [0.2, 0.25) is 0 Å². The lowest BCUT2D eigenvalue weighted by Gasteiger charge is -2.35. The van der Waals surface area contributed by atoms with Crippen LogP contribution in [0.1, 0.15) is 59.3 Å². The van der Waals surface area contributed by atoms with Gasteiger partial charge in [-0.15, -0.1) is 0 Å². The Balaban J connectivity index is 2.41. The summed E-state index contributed by atoms with van der Waals surface area (Å²) in [6.45, 7) is 8.87. The molecule has 0 aromatic rings. The topological polar surface area (TPSA) is 21.3 Å². The van der Waals surface area contributed by atoms with Crippen LogP contribution in [-0.2, 0) is 4.74 Å². The number of methoxy groups -OCH3 is 1. The Hall–Kier alpha value is -0.0800. The summed E-state index contributed by atoms with van der Waals surface area (Å²) < 4.78 is 5.28. The van der Waals surface area contributed by atoms with Crippen LogP contribution in [0.15, 0.2) is 0 Å². The van der Waals surface area contributed by atoms with Gasteiger partial charge >= 0.3 is 0 Å². The summed E-state index contributed by atoms with van der Waals surface area (Å²) in [5, 5.41) is 3.72. The molecule has 0 spiro atoms. The van der Waals surface area contributed by atoms with E-state index in [9.17, 15) is 0 Å². The second kappa shape index (κ2) is 8.92. The maximum Gasteiger partial charge on any atom is 0.0488 e. The van der Waals surface area contributed by atoms with Gasteiger partial charge in [0, 0.05) is 19.8 Å². The van der Waals surface area contributed by atoms with Gasteiger partial charge in [0.25, 0.3) is 0 Å². The minimum Gasteiger partial charge on any atom is -0.384 e. The van der Waals surface area contributed by atoms with E-state index in [1.165, 1.54) is 38.5 Å². The van der Waals surface area contributed by atoms with E-state index in [0.29, 0.717) is 12.0 Å². The average Bonchev–Trinajstić information content (AvgIpc) is 2.39. The molecule has 0 heterocycles. The summed E-state index contributed by atoms with van der Waals surface area (Å²) in [6, 6.07) is 0.706. The fourth-order valence-electron chi connectivity index (χ4n) is 3.49. The summed E-state index contributed by atoms with van der Waals surface area (Å²) in [6.07, 6.45) is 8.39. The van der Waals surface area contributed by atoms with E-state index in [0.717, 1.165) is 25.0 Å². The van der Waals surface area contributed by atoms with Gasteiger partial charge in [-0.1, -0.05) is 40.0 Å². The van der Waals surface area contributed by atoms with Crippen molar-refractivity contribution in [2.45, 2.75) is 65.3 Å². The van der Waals surface area contributed by atoms with Crippen LogP contribution in [0.5, 0.6) is 0 Å². The van der Waals surface area contributed by atoms with Crippen molar-refractivity contribution in [2.24, 2.45) is 17.8 Å². The first-order valence-corrected chi connectivity index (χ1v) is 7.93. The fraction of sp³-hybridized carbons (Fsp3) is 1.00. The summed E-state index contributed by atoms with van der Waals surface area (Å²) in [5.74, 6) is 2.56. The smallest absolute Gasteiger partial charge is 0.0488 e. The van der Waals surface area contributed by atoms with Crippen molar-refractivity contribution in [2.75, 3.05) is 20.3 Å². The molecule has 1 aliphatic rings. The molecule has 1 fully saturated rings. The van der Waals surface area contributed by atoms with Crippen molar-refractivity contribution in [3.63, 3.8) is 0 Å². The highest BCUT2D eigenvalue weighted by Crippen LogP contribution is 2.34. The summed E-state index contributed by atoms with van der Waals surface area (Å²) in [4.78, 5) is 0. The van der Waals surface area contributed by atoms with E-state index in [-0.39, 0.29) is 0 Å². The highest BCUT2D eigenvalue weighted by Gasteiger charge is 2.27. The highest BCUT2D eigenvalue weighted by atomic mass is 16.5. The van der Waals surface area contributed by atoms with Crippen molar-refractivity contribution in [1.82, 2.24) is 5.32 Å². The third-order valence-corrected chi connectivity index (χ3v) is 4.61. The SMILES string of the molecule is CCNC(CC(C)COC)C1CCC(CC)CC1. The van der Waals surface area contributed by atoms with E-state index >= 15 is 0 Å². The van der Waals surface area contributed by atoms with Gasteiger partial charge in [-0.05, 0) is 43.6 Å². The molecule has 0 radical (unpaired) electrons. The van der Waals surface area contributed by atoms with Crippen LogP contribution < -0.4 is 5.32 Å². The predicted octanol–water partition coefficient (Wildman–Crippen LogP) is 3.85. The molecule has 1 aliphatic carbocycles. The summed E-state index contributed by atoms with van der Waals surface area (Å²) >= 11 is 0. The molecule has 108 valence electrons. The van der Waals surface area contributed by atoms with Gasteiger partial charge in [0.2, 0.25) is 0 Å². The lowest BCUT2D eigenvalue weighted by molar-refractivity contribution is 0.133. The van der Waals surface area contributed by atoms with Crippen molar-refractivity contribution < 1.29 is 4.74 Å². The van der Waals surface area contributed by atoms with Crippen molar-refractivity contribution in [1.29, 1.82) is 0 Å². The van der Waals surface area contributed by atoms with E-state index in [1.54, 1.807) is 0 Å². The van der Waals surface area contributed by atoms with E-state index in [2.05, 4.69) is 26.1 Å². The lowest BCUT2D eigenvalue weighted by Crippen LogP contribution is -2.39. The molecule has 1 rings (SSSR count). The van der Waals surface area contributed by atoms with E-state index in [4.69, 9.17) is 4.74 Å². The first kappa shape index (κ1) is 16.0. The van der Waals surface area contributed by atoms with Gasteiger partial charge in [0.05, 0.1) is 0 Å². The molecular formula is C16H33NO. The van der Waals surface area contributed by atoms with Crippen LogP contribution in [0.3, 0.4) is 0 Å². The zero-order chi connectivity index (χ0) is 13.4. The third-order valence-electron chi connectivity index (χ3n) is 4.61. The molecule has 0 aliphatic heterocycles. The number of rotatable bonds is 8. The van der Waals surface area contributed by atoms with Crippen LogP contribution in [0, 0.1) is 17.8 Å².